The van der Waals surface area contributed by atoms with E-state index >= 15 is 0 Å². The summed E-state index contributed by atoms with van der Waals surface area (Å²) in [7, 11) is 4.89. The third-order valence-electron chi connectivity index (χ3n) is 3.47. The zero-order chi connectivity index (χ0) is 15.4. The highest BCUT2D eigenvalue weighted by molar-refractivity contribution is 5.94. The quantitative estimate of drug-likeness (QED) is 0.860. The molecule has 0 radical (unpaired) electrons. The van der Waals surface area contributed by atoms with Gasteiger partial charge in [-0.3, -0.25) is 0 Å². The molecule has 1 aliphatic rings. The lowest BCUT2D eigenvalue weighted by atomic mass is 10.0. The largest absolute Gasteiger partial charge is 0.497 e. The van der Waals surface area contributed by atoms with Gasteiger partial charge < -0.3 is 14.2 Å². The van der Waals surface area contributed by atoms with Crippen LogP contribution in [0.1, 0.15) is 25.5 Å². The van der Waals surface area contributed by atoms with Crippen molar-refractivity contribution in [1.82, 2.24) is 0 Å². The summed E-state index contributed by atoms with van der Waals surface area (Å²) in [5.41, 5.74) is 0.965. The Morgan fingerprint density at radius 1 is 0.952 bits per heavy atom. The summed E-state index contributed by atoms with van der Waals surface area (Å²) >= 11 is 0. The minimum absolute atomic E-state index is 0.105. The molecule has 1 heterocycles. The van der Waals surface area contributed by atoms with Crippen molar-refractivity contribution in [3.8, 4) is 5.75 Å². The maximum Gasteiger partial charge on any atom is 0.214 e. The van der Waals surface area contributed by atoms with E-state index in [1.165, 1.54) is 0 Å². The number of nitrogens with zero attached hydrogens (tertiary/aromatic N) is 2. The van der Waals surface area contributed by atoms with Gasteiger partial charge in [0.2, 0.25) is 11.8 Å². The lowest BCUT2D eigenvalue weighted by Gasteiger charge is -2.27. The van der Waals surface area contributed by atoms with E-state index in [0.29, 0.717) is 17.7 Å². The van der Waals surface area contributed by atoms with Crippen molar-refractivity contribution in [3.05, 3.63) is 29.8 Å². The number of benzene rings is 1. The fourth-order valence-corrected chi connectivity index (χ4v) is 2.32. The molecule has 2 rings (SSSR count). The molecular weight excluding hydrogens is 268 g/mol. The van der Waals surface area contributed by atoms with E-state index in [2.05, 4.69) is 23.8 Å². The van der Waals surface area contributed by atoms with E-state index in [1.807, 2.05) is 24.3 Å². The summed E-state index contributed by atoms with van der Waals surface area (Å²) in [6.07, 6.45) is 0. The Balaban J connectivity index is 2.41. The highest BCUT2D eigenvalue weighted by Gasteiger charge is 2.31. The van der Waals surface area contributed by atoms with Crippen molar-refractivity contribution in [2.24, 2.45) is 15.9 Å². The van der Waals surface area contributed by atoms with Gasteiger partial charge in [-0.05, 0) is 23.6 Å². The minimum Gasteiger partial charge on any atom is -0.497 e. The van der Waals surface area contributed by atoms with Gasteiger partial charge in [-0.25, -0.2) is 9.98 Å². The van der Waals surface area contributed by atoms with Gasteiger partial charge in [0, 0.05) is 0 Å². The molecule has 0 spiro atoms. The maximum atomic E-state index is 5.45. The highest BCUT2D eigenvalue weighted by atomic mass is 16.5. The van der Waals surface area contributed by atoms with Crippen LogP contribution in [-0.4, -0.2) is 39.2 Å². The Morgan fingerprint density at radius 3 is 2.24 bits per heavy atom. The number of ether oxygens (including phenoxy) is 3. The van der Waals surface area contributed by atoms with E-state index in [-0.39, 0.29) is 12.1 Å². The monoisotopic (exact) mass is 290 g/mol. The van der Waals surface area contributed by atoms with Crippen LogP contribution >= 0.6 is 0 Å². The molecule has 1 aromatic rings. The van der Waals surface area contributed by atoms with Crippen molar-refractivity contribution in [2.75, 3.05) is 21.3 Å². The van der Waals surface area contributed by atoms with Crippen LogP contribution in [0.2, 0.25) is 0 Å². The lowest BCUT2D eigenvalue weighted by Crippen LogP contribution is -2.34. The molecule has 0 saturated carbocycles. The fourth-order valence-electron chi connectivity index (χ4n) is 2.32. The first-order valence-corrected chi connectivity index (χ1v) is 6.98. The molecule has 0 fully saturated rings. The zero-order valence-electron chi connectivity index (χ0n) is 13.2. The van der Waals surface area contributed by atoms with Crippen LogP contribution < -0.4 is 4.74 Å². The van der Waals surface area contributed by atoms with E-state index in [1.54, 1.807) is 21.3 Å². The maximum absolute atomic E-state index is 5.45. The molecule has 0 aromatic heterocycles. The number of methoxy groups -OCH3 is 3. The first-order valence-electron chi connectivity index (χ1n) is 6.98. The SMILES string of the molecule is COC1=N[C@H](C(C)C)C(OC)=N[C@@H]1c1cccc(OC)c1. The van der Waals surface area contributed by atoms with Crippen LogP contribution in [-0.2, 0) is 9.47 Å². The normalized spacial score (nSPS) is 21.6. The Kier molecular flexibility index (Phi) is 4.83. The molecule has 5 heteroatoms. The Labute approximate surface area is 125 Å². The highest BCUT2D eigenvalue weighted by Crippen LogP contribution is 2.29. The average Bonchev–Trinajstić information content (AvgIpc) is 2.53. The van der Waals surface area contributed by atoms with Crippen LogP contribution in [0, 0.1) is 5.92 Å². The summed E-state index contributed by atoms with van der Waals surface area (Å²) < 4.78 is 16.1. The van der Waals surface area contributed by atoms with Gasteiger partial charge in [-0.15, -0.1) is 0 Å². The molecule has 0 aliphatic carbocycles. The Hall–Kier alpha value is -2.04. The third kappa shape index (κ3) is 3.17. The molecule has 21 heavy (non-hydrogen) atoms. The van der Waals surface area contributed by atoms with Crippen LogP contribution in [0.5, 0.6) is 5.75 Å². The smallest absolute Gasteiger partial charge is 0.214 e. The molecule has 0 amide bonds. The van der Waals surface area contributed by atoms with Crippen molar-refractivity contribution < 1.29 is 14.2 Å². The first-order chi connectivity index (χ1) is 10.1. The molecule has 0 unspecified atom stereocenters. The van der Waals surface area contributed by atoms with Crippen molar-refractivity contribution in [2.45, 2.75) is 25.9 Å². The molecule has 2 atom stereocenters. The van der Waals surface area contributed by atoms with Gasteiger partial charge in [0.25, 0.3) is 0 Å². The van der Waals surface area contributed by atoms with E-state index in [4.69, 9.17) is 14.2 Å². The summed E-state index contributed by atoms with van der Waals surface area (Å²) in [6, 6.07) is 7.34. The van der Waals surface area contributed by atoms with Gasteiger partial charge in [0.05, 0.1) is 21.3 Å². The average molecular weight is 290 g/mol. The summed E-state index contributed by atoms with van der Waals surface area (Å²) in [4.78, 5) is 9.35. The standard InChI is InChI=1S/C16H22N2O3/c1-10(2)13-15(20-4)18-14(16(17-13)21-5)11-7-6-8-12(9-11)19-3/h6-10,13-14H,1-5H3/t13-,14-/m1/s1. The second kappa shape index (κ2) is 6.61. The van der Waals surface area contributed by atoms with Crippen molar-refractivity contribution >= 4 is 11.8 Å². The summed E-state index contributed by atoms with van der Waals surface area (Å²) in [5.74, 6) is 2.31. The molecule has 0 saturated heterocycles. The van der Waals surface area contributed by atoms with Crippen molar-refractivity contribution in [3.63, 3.8) is 0 Å². The molecule has 0 N–H and O–H groups in total. The molecule has 114 valence electrons. The van der Waals surface area contributed by atoms with Crippen LogP contribution in [0.25, 0.3) is 0 Å². The number of rotatable bonds is 3. The van der Waals surface area contributed by atoms with E-state index in [0.717, 1.165) is 11.3 Å². The number of aliphatic imine (C=N–C) groups is 2. The first kappa shape index (κ1) is 15.4. The Bertz CT molecular complexity index is 552. The lowest BCUT2D eigenvalue weighted by molar-refractivity contribution is 0.333. The number of hydrogen-bond acceptors (Lipinski definition) is 5. The van der Waals surface area contributed by atoms with E-state index in [9.17, 15) is 0 Å². The molecule has 1 aliphatic heterocycles. The van der Waals surface area contributed by atoms with Gasteiger partial charge in [0.15, 0.2) is 6.04 Å². The predicted octanol–water partition coefficient (Wildman–Crippen LogP) is 2.86. The van der Waals surface area contributed by atoms with Crippen LogP contribution in [0.15, 0.2) is 34.3 Å². The summed E-state index contributed by atoms with van der Waals surface area (Å²) in [6.45, 7) is 4.17. The van der Waals surface area contributed by atoms with Crippen LogP contribution in [0.3, 0.4) is 0 Å². The van der Waals surface area contributed by atoms with Crippen LogP contribution in [0.4, 0.5) is 0 Å². The van der Waals surface area contributed by atoms with Gasteiger partial charge >= 0.3 is 0 Å². The van der Waals surface area contributed by atoms with Gasteiger partial charge in [-0.2, -0.15) is 0 Å². The topological polar surface area (TPSA) is 52.4 Å². The zero-order valence-corrected chi connectivity index (χ0v) is 13.2. The molecular formula is C16H22N2O3. The predicted molar refractivity (Wildman–Crippen MR) is 83.2 cm³/mol. The number of hydrogen-bond donors (Lipinski definition) is 0. The fraction of sp³-hybridized carbons (Fsp3) is 0.500. The minimum atomic E-state index is -0.296. The second-order valence-corrected chi connectivity index (χ2v) is 5.21. The van der Waals surface area contributed by atoms with Gasteiger partial charge in [-0.1, -0.05) is 26.0 Å². The van der Waals surface area contributed by atoms with E-state index < -0.39 is 0 Å². The molecule has 1 aromatic carbocycles. The van der Waals surface area contributed by atoms with Crippen molar-refractivity contribution in [1.29, 1.82) is 0 Å². The Morgan fingerprint density at radius 2 is 1.67 bits per heavy atom. The molecule has 5 nitrogen and oxygen atoms in total. The summed E-state index contributed by atoms with van der Waals surface area (Å²) in [5, 5.41) is 0. The third-order valence-corrected chi connectivity index (χ3v) is 3.47. The van der Waals surface area contributed by atoms with Gasteiger partial charge in [0.1, 0.15) is 11.8 Å². The second-order valence-electron chi connectivity index (χ2n) is 5.21. The molecule has 0 bridgehead atoms.